The van der Waals surface area contributed by atoms with Crippen LogP contribution < -0.4 is 5.56 Å². The molecule has 0 aliphatic heterocycles. The number of unbranched alkanes of at least 4 members (excludes halogenated alkanes) is 1. The third-order valence-corrected chi connectivity index (χ3v) is 4.87. The molecule has 3 heteroatoms. The first kappa shape index (κ1) is 15.3. The molecule has 0 amide bonds. The lowest BCUT2D eigenvalue weighted by atomic mass is 9.85. The average Bonchev–Trinajstić information content (AvgIpc) is 2.57. The van der Waals surface area contributed by atoms with Gasteiger partial charge in [-0.2, -0.15) is 5.10 Å². The highest BCUT2D eigenvalue weighted by Gasteiger charge is 2.17. The van der Waals surface area contributed by atoms with E-state index < -0.39 is 0 Å². The molecule has 1 fully saturated rings. The molecule has 1 heterocycles. The van der Waals surface area contributed by atoms with E-state index in [9.17, 15) is 4.79 Å². The fourth-order valence-corrected chi connectivity index (χ4v) is 3.58. The fourth-order valence-electron chi connectivity index (χ4n) is 3.58. The summed E-state index contributed by atoms with van der Waals surface area (Å²) in [5.41, 5.74) is 1.19. The number of nitrogens with zero attached hydrogens (tertiary/aromatic N) is 2. The van der Waals surface area contributed by atoms with Crippen LogP contribution in [0.25, 0.3) is 10.8 Å². The minimum Gasteiger partial charge on any atom is -0.267 e. The maximum absolute atomic E-state index is 12.6. The zero-order valence-electron chi connectivity index (χ0n) is 13.6. The number of fused-ring (bicyclic) bond motifs is 1. The molecule has 0 unspecified atom stereocenters. The van der Waals surface area contributed by atoms with Crippen molar-refractivity contribution in [3.63, 3.8) is 0 Å². The third kappa shape index (κ3) is 3.23. The van der Waals surface area contributed by atoms with Gasteiger partial charge in [-0.15, -0.1) is 0 Å². The van der Waals surface area contributed by atoms with Crippen LogP contribution in [-0.4, -0.2) is 9.78 Å². The molecule has 0 saturated heterocycles. The van der Waals surface area contributed by atoms with Gasteiger partial charge in [-0.3, -0.25) is 4.79 Å². The van der Waals surface area contributed by atoms with E-state index in [1.807, 2.05) is 18.2 Å². The zero-order valence-corrected chi connectivity index (χ0v) is 13.6. The molecule has 118 valence electrons. The average molecular weight is 298 g/mol. The van der Waals surface area contributed by atoms with Gasteiger partial charge in [-0.05, 0) is 24.8 Å². The van der Waals surface area contributed by atoms with Gasteiger partial charge in [0.15, 0.2) is 0 Å². The summed E-state index contributed by atoms with van der Waals surface area (Å²) in [6.07, 6.45) is 9.80. The standard InChI is InChI=1S/C19H26N2O/c1-2-3-13-21-19(22)17-12-8-7-11-16(17)18(20-21)14-15-9-5-4-6-10-15/h7-8,11-12,15H,2-6,9-10,13-14H2,1H3. The maximum atomic E-state index is 12.6. The molecule has 2 aromatic rings. The summed E-state index contributed by atoms with van der Waals surface area (Å²) in [5.74, 6) is 0.738. The SMILES string of the molecule is CCCCn1nc(CC2CCCCC2)c2ccccc2c1=O. The van der Waals surface area contributed by atoms with Crippen molar-refractivity contribution in [1.29, 1.82) is 0 Å². The smallest absolute Gasteiger partial charge is 0.267 e. The Kier molecular flexibility index (Phi) is 4.91. The summed E-state index contributed by atoms with van der Waals surface area (Å²) < 4.78 is 1.70. The van der Waals surface area contributed by atoms with Crippen molar-refractivity contribution in [3.8, 4) is 0 Å². The summed E-state index contributed by atoms with van der Waals surface area (Å²) >= 11 is 0. The number of aryl methyl sites for hydroxylation is 1. The monoisotopic (exact) mass is 298 g/mol. The van der Waals surface area contributed by atoms with Crippen molar-refractivity contribution in [2.75, 3.05) is 0 Å². The Labute approximate surface area is 132 Å². The van der Waals surface area contributed by atoms with Gasteiger partial charge in [-0.1, -0.05) is 63.6 Å². The summed E-state index contributed by atoms with van der Waals surface area (Å²) in [4.78, 5) is 12.6. The molecule has 1 saturated carbocycles. The number of aromatic nitrogens is 2. The van der Waals surface area contributed by atoms with E-state index in [0.717, 1.165) is 48.2 Å². The first-order valence-electron chi connectivity index (χ1n) is 8.78. The Hall–Kier alpha value is -1.64. The Morgan fingerprint density at radius 3 is 2.59 bits per heavy atom. The van der Waals surface area contributed by atoms with Crippen LogP contribution in [0.2, 0.25) is 0 Å². The molecule has 1 aliphatic rings. The quantitative estimate of drug-likeness (QED) is 0.824. The molecule has 1 aromatic heterocycles. The lowest BCUT2D eigenvalue weighted by Gasteiger charge is -2.22. The minimum atomic E-state index is 0.0662. The van der Waals surface area contributed by atoms with Crippen LogP contribution in [0.5, 0.6) is 0 Å². The van der Waals surface area contributed by atoms with Gasteiger partial charge in [0.2, 0.25) is 0 Å². The van der Waals surface area contributed by atoms with Gasteiger partial charge in [0.05, 0.1) is 11.1 Å². The highest BCUT2D eigenvalue weighted by Crippen LogP contribution is 2.28. The second-order valence-corrected chi connectivity index (χ2v) is 6.58. The predicted octanol–water partition coefficient (Wildman–Crippen LogP) is 4.32. The van der Waals surface area contributed by atoms with Crippen LogP contribution in [-0.2, 0) is 13.0 Å². The fraction of sp³-hybridized carbons (Fsp3) is 0.579. The van der Waals surface area contributed by atoms with E-state index in [0.29, 0.717) is 0 Å². The van der Waals surface area contributed by atoms with Crippen molar-refractivity contribution >= 4 is 10.8 Å². The molecule has 0 atom stereocenters. The second-order valence-electron chi connectivity index (χ2n) is 6.58. The Balaban J connectivity index is 1.99. The molecule has 0 bridgehead atoms. The molecule has 0 N–H and O–H groups in total. The minimum absolute atomic E-state index is 0.0662. The highest BCUT2D eigenvalue weighted by molar-refractivity contribution is 5.83. The zero-order chi connectivity index (χ0) is 15.4. The van der Waals surface area contributed by atoms with Crippen molar-refractivity contribution < 1.29 is 0 Å². The molecular formula is C19H26N2O. The van der Waals surface area contributed by atoms with Crippen molar-refractivity contribution in [3.05, 3.63) is 40.3 Å². The van der Waals surface area contributed by atoms with E-state index in [1.165, 1.54) is 32.1 Å². The first-order valence-corrected chi connectivity index (χ1v) is 8.78. The number of hydrogen-bond donors (Lipinski definition) is 0. The number of hydrogen-bond acceptors (Lipinski definition) is 2. The molecule has 3 rings (SSSR count). The van der Waals surface area contributed by atoms with Gasteiger partial charge in [0.25, 0.3) is 5.56 Å². The van der Waals surface area contributed by atoms with Crippen molar-refractivity contribution in [2.24, 2.45) is 5.92 Å². The Bertz CT molecular complexity index is 683. The van der Waals surface area contributed by atoms with E-state index in [4.69, 9.17) is 5.10 Å². The Morgan fingerprint density at radius 1 is 1.14 bits per heavy atom. The van der Waals surface area contributed by atoms with Crippen LogP contribution in [0.1, 0.15) is 57.6 Å². The third-order valence-electron chi connectivity index (χ3n) is 4.87. The van der Waals surface area contributed by atoms with Crippen LogP contribution in [0.3, 0.4) is 0 Å². The number of rotatable bonds is 5. The molecule has 22 heavy (non-hydrogen) atoms. The largest absolute Gasteiger partial charge is 0.274 e. The summed E-state index contributed by atoms with van der Waals surface area (Å²) in [6.45, 7) is 2.88. The molecular weight excluding hydrogens is 272 g/mol. The van der Waals surface area contributed by atoms with E-state index in [2.05, 4.69) is 13.0 Å². The van der Waals surface area contributed by atoms with Gasteiger partial charge in [0, 0.05) is 11.9 Å². The van der Waals surface area contributed by atoms with Crippen LogP contribution in [0.15, 0.2) is 29.1 Å². The molecule has 1 aromatic carbocycles. The summed E-state index contributed by atoms with van der Waals surface area (Å²) in [6, 6.07) is 7.99. The first-order chi connectivity index (χ1) is 10.8. The summed E-state index contributed by atoms with van der Waals surface area (Å²) in [7, 11) is 0. The normalized spacial score (nSPS) is 16.2. The molecule has 3 nitrogen and oxygen atoms in total. The topological polar surface area (TPSA) is 34.9 Å². The molecule has 1 aliphatic carbocycles. The van der Waals surface area contributed by atoms with Gasteiger partial charge < -0.3 is 0 Å². The van der Waals surface area contributed by atoms with Crippen LogP contribution >= 0.6 is 0 Å². The Morgan fingerprint density at radius 2 is 1.86 bits per heavy atom. The number of benzene rings is 1. The second kappa shape index (κ2) is 7.08. The predicted molar refractivity (Wildman–Crippen MR) is 91.2 cm³/mol. The van der Waals surface area contributed by atoms with Gasteiger partial charge >= 0.3 is 0 Å². The highest BCUT2D eigenvalue weighted by atomic mass is 16.1. The van der Waals surface area contributed by atoms with E-state index in [-0.39, 0.29) is 5.56 Å². The lowest BCUT2D eigenvalue weighted by Crippen LogP contribution is -2.25. The van der Waals surface area contributed by atoms with Crippen molar-refractivity contribution in [2.45, 2.75) is 64.8 Å². The molecule has 0 radical (unpaired) electrons. The van der Waals surface area contributed by atoms with Crippen LogP contribution in [0, 0.1) is 5.92 Å². The lowest BCUT2D eigenvalue weighted by molar-refractivity contribution is 0.352. The van der Waals surface area contributed by atoms with E-state index in [1.54, 1.807) is 4.68 Å². The van der Waals surface area contributed by atoms with Gasteiger partial charge in [-0.25, -0.2) is 4.68 Å². The van der Waals surface area contributed by atoms with Gasteiger partial charge in [0.1, 0.15) is 0 Å². The molecule has 0 spiro atoms. The van der Waals surface area contributed by atoms with Crippen molar-refractivity contribution in [1.82, 2.24) is 9.78 Å². The van der Waals surface area contributed by atoms with Crippen LogP contribution in [0.4, 0.5) is 0 Å². The summed E-state index contributed by atoms with van der Waals surface area (Å²) in [5, 5.41) is 6.63. The maximum Gasteiger partial charge on any atom is 0.274 e. The van der Waals surface area contributed by atoms with E-state index >= 15 is 0 Å².